The lowest BCUT2D eigenvalue weighted by Crippen LogP contribution is -2.17. The molecule has 3 aromatic carbocycles. The highest BCUT2D eigenvalue weighted by atomic mass is 19.4. The molecule has 0 aliphatic rings. The van der Waals surface area contributed by atoms with Crippen LogP contribution in [-0.2, 0) is 12.7 Å². The zero-order valence-electron chi connectivity index (χ0n) is 15.3. The molecule has 0 aliphatic heterocycles. The third kappa shape index (κ3) is 3.87. The second-order valence-corrected chi connectivity index (χ2v) is 6.62. The zero-order chi connectivity index (χ0) is 20.4. The van der Waals surface area contributed by atoms with E-state index in [2.05, 4.69) is 4.98 Å². The minimum absolute atomic E-state index is 0.0149. The Hall–Kier alpha value is -3.54. The molecule has 0 aliphatic carbocycles. The van der Waals surface area contributed by atoms with E-state index in [1.165, 1.54) is 12.1 Å². The lowest BCUT2D eigenvalue weighted by Gasteiger charge is -2.26. The number of benzene rings is 3. The van der Waals surface area contributed by atoms with E-state index in [1.807, 2.05) is 42.5 Å². The number of phenols is 1. The highest BCUT2D eigenvalue weighted by Gasteiger charge is 2.30. The topological polar surface area (TPSA) is 36.4 Å². The Bertz CT molecular complexity index is 1130. The van der Waals surface area contributed by atoms with E-state index in [4.69, 9.17) is 0 Å². The molecule has 1 N–H and O–H groups in total. The molecule has 0 spiro atoms. The van der Waals surface area contributed by atoms with E-state index in [1.54, 1.807) is 23.2 Å². The number of nitrogens with zero attached hydrogens (tertiary/aromatic N) is 2. The summed E-state index contributed by atoms with van der Waals surface area (Å²) >= 11 is 0. The fourth-order valence-electron chi connectivity index (χ4n) is 3.25. The van der Waals surface area contributed by atoms with E-state index < -0.39 is 11.7 Å². The molecule has 3 nitrogen and oxygen atoms in total. The van der Waals surface area contributed by atoms with E-state index in [-0.39, 0.29) is 5.75 Å². The number of hydrogen-bond donors (Lipinski definition) is 1. The van der Waals surface area contributed by atoms with Gasteiger partial charge in [-0.2, -0.15) is 13.2 Å². The van der Waals surface area contributed by atoms with Crippen LogP contribution in [0.25, 0.3) is 10.9 Å². The van der Waals surface area contributed by atoms with Crippen LogP contribution in [0.1, 0.15) is 11.1 Å². The van der Waals surface area contributed by atoms with Crippen LogP contribution in [0.5, 0.6) is 5.75 Å². The average Bonchev–Trinajstić information content (AvgIpc) is 2.73. The van der Waals surface area contributed by atoms with E-state index in [9.17, 15) is 18.3 Å². The van der Waals surface area contributed by atoms with Gasteiger partial charge in [0.1, 0.15) is 5.52 Å². The molecular weight excluding hydrogens is 377 g/mol. The molecule has 0 unspecified atom stereocenters. The van der Waals surface area contributed by atoms with E-state index in [0.717, 1.165) is 23.1 Å². The Balaban J connectivity index is 1.82. The summed E-state index contributed by atoms with van der Waals surface area (Å²) in [5, 5.41) is 11.6. The predicted octanol–water partition coefficient (Wildman–Crippen LogP) is 6.30. The van der Waals surface area contributed by atoms with Gasteiger partial charge in [0.15, 0.2) is 5.75 Å². The monoisotopic (exact) mass is 394 g/mol. The van der Waals surface area contributed by atoms with Gasteiger partial charge in [-0.3, -0.25) is 4.98 Å². The first-order chi connectivity index (χ1) is 13.9. The van der Waals surface area contributed by atoms with Gasteiger partial charge in [0.05, 0.1) is 11.3 Å². The Labute approximate surface area is 165 Å². The van der Waals surface area contributed by atoms with Crippen LogP contribution in [0, 0.1) is 0 Å². The minimum Gasteiger partial charge on any atom is -0.504 e. The first-order valence-electron chi connectivity index (χ1n) is 8.99. The van der Waals surface area contributed by atoms with Crippen molar-refractivity contribution in [2.75, 3.05) is 4.90 Å². The third-order valence-electron chi connectivity index (χ3n) is 4.71. The highest BCUT2D eigenvalue weighted by molar-refractivity contribution is 5.91. The van der Waals surface area contributed by atoms with Crippen molar-refractivity contribution < 1.29 is 18.3 Å². The largest absolute Gasteiger partial charge is 0.504 e. The maximum Gasteiger partial charge on any atom is 0.416 e. The fourth-order valence-corrected chi connectivity index (χ4v) is 3.25. The first kappa shape index (κ1) is 18.8. The summed E-state index contributed by atoms with van der Waals surface area (Å²) in [5.41, 5.74) is 1.68. The van der Waals surface area contributed by atoms with Crippen molar-refractivity contribution in [3.8, 4) is 5.75 Å². The third-order valence-corrected chi connectivity index (χ3v) is 4.71. The van der Waals surface area contributed by atoms with Gasteiger partial charge in [-0.15, -0.1) is 0 Å². The molecule has 0 atom stereocenters. The van der Waals surface area contributed by atoms with Crippen LogP contribution in [0.15, 0.2) is 85.1 Å². The SMILES string of the molecule is Oc1c(N(Cc2ccccc2)c2ccc(C(F)(F)F)cc2)ccc2cccnc12. The van der Waals surface area contributed by atoms with Crippen LogP contribution in [0.4, 0.5) is 24.5 Å². The number of aromatic hydroxyl groups is 1. The fraction of sp³-hybridized carbons (Fsp3) is 0.0870. The van der Waals surface area contributed by atoms with Gasteiger partial charge in [-0.1, -0.05) is 42.5 Å². The van der Waals surface area contributed by atoms with Gasteiger partial charge in [0.25, 0.3) is 0 Å². The molecule has 0 amide bonds. The Morgan fingerprint density at radius 1 is 0.828 bits per heavy atom. The van der Waals surface area contributed by atoms with Gasteiger partial charge in [-0.05, 0) is 42.0 Å². The quantitative estimate of drug-likeness (QED) is 0.441. The number of alkyl halides is 3. The van der Waals surface area contributed by atoms with Gasteiger partial charge in [-0.25, -0.2) is 0 Å². The van der Waals surface area contributed by atoms with Crippen LogP contribution in [0.2, 0.25) is 0 Å². The molecule has 0 radical (unpaired) electrons. The Kier molecular flexibility index (Phi) is 4.84. The molecule has 4 rings (SSSR count). The van der Waals surface area contributed by atoms with Gasteiger partial charge >= 0.3 is 6.18 Å². The summed E-state index contributed by atoms with van der Waals surface area (Å²) in [4.78, 5) is 6.02. The molecule has 0 saturated heterocycles. The molecule has 0 bridgehead atoms. The number of aromatic nitrogens is 1. The van der Waals surface area contributed by atoms with Crippen molar-refractivity contribution >= 4 is 22.3 Å². The summed E-state index contributed by atoms with van der Waals surface area (Å²) in [6.07, 6.45) is -2.82. The minimum atomic E-state index is -4.40. The number of anilines is 2. The van der Waals surface area contributed by atoms with Crippen LogP contribution < -0.4 is 4.90 Å². The predicted molar refractivity (Wildman–Crippen MR) is 107 cm³/mol. The van der Waals surface area contributed by atoms with Crippen molar-refractivity contribution in [3.05, 3.63) is 96.2 Å². The molecule has 29 heavy (non-hydrogen) atoms. The summed E-state index contributed by atoms with van der Waals surface area (Å²) in [6.45, 7) is 0.373. The molecule has 1 aromatic heterocycles. The summed E-state index contributed by atoms with van der Waals surface area (Å²) in [7, 11) is 0. The molecule has 6 heteroatoms. The van der Waals surface area contributed by atoms with Crippen molar-refractivity contribution in [1.82, 2.24) is 4.98 Å². The number of pyridine rings is 1. The smallest absolute Gasteiger partial charge is 0.416 e. The van der Waals surface area contributed by atoms with Gasteiger partial charge in [0, 0.05) is 23.8 Å². The number of rotatable bonds is 4. The van der Waals surface area contributed by atoms with E-state index in [0.29, 0.717) is 23.4 Å². The van der Waals surface area contributed by atoms with E-state index >= 15 is 0 Å². The summed E-state index contributed by atoms with van der Waals surface area (Å²) < 4.78 is 38.9. The standard InChI is InChI=1S/C23H17F3N2O/c24-23(25,26)18-9-11-19(12-10-18)28(15-16-5-2-1-3-6-16)20-13-8-17-7-4-14-27-21(17)22(20)29/h1-14,29H,15H2. The van der Waals surface area contributed by atoms with Crippen molar-refractivity contribution in [2.45, 2.75) is 12.7 Å². The summed E-state index contributed by atoms with van der Waals surface area (Å²) in [6, 6.07) is 21.6. The van der Waals surface area contributed by atoms with Crippen molar-refractivity contribution in [3.63, 3.8) is 0 Å². The Morgan fingerprint density at radius 3 is 2.24 bits per heavy atom. The van der Waals surface area contributed by atoms with Gasteiger partial charge in [0.2, 0.25) is 0 Å². The van der Waals surface area contributed by atoms with Crippen LogP contribution in [-0.4, -0.2) is 10.1 Å². The Morgan fingerprint density at radius 2 is 1.55 bits per heavy atom. The number of halogens is 3. The summed E-state index contributed by atoms with van der Waals surface area (Å²) in [5.74, 6) is -0.0149. The van der Waals surface area contributed by atoms with Gasteiger partial charge < -0.3 is 10.0 Å². The zero-order valence-corrected chi connectivity index (χ0v) is 15.3. The second kappa shape index (κ2) is 7.47. The number of fused-ring (bicyclic) bond motifs is 1. The normalized spacial score (nSPS) is 11.6. The number of phenolic OH excluding ortho intramolecular Hbond substituents is 1. The average molecular weight is 394 g/mol. The second-order valence-electron chi connectivity index (χ2n) is 6.62. The van der Waals surface area contributed by atoms with Crippen LogP contribution >= 0.6 is 0 Å². The number of hydrogen-bond acceptors (Lipinski definition) is 3. The molecule has 0 fully saturated rings. The van der Waals surface area contributed by atoms with Crippen molar-refractivity contribution in [2.24, 2.45) is 0 Å². The molecule has 146 valence electrons. The maximum atomic E-state index is 13.0. The molecule has 4 aromatic rings. The first-order valence-corrected chi connectivity index (χ1v) is 8.99. The molecular formula is C23H17F3N2O. The van der Waals surface area contributed by atoms with Crippen LogP contribution in [0.3, 0.4) is 0 Å². The molecule has 0 saturated carbocycles. The highest BCUT2D eigenvalue weighted by Crippen LogP contribution is 2.39. The molecule has 1 heterocycles. The lowest BCUT2D eigenvalue weighted by atomic mass is 10.1. The lowest BCUT2D eigenvalue weighted by molar-refractivity contribution is -0.137. The van der Waals surface area contributed by atoms with Crippen molar-refractivity contribution in [1.29, 1.82) is 0 Å². The maximum absolute atomic E-state index is 13.0.